The predicted octanol–water partition coefficient (Wildman–Crippen LogP) is 2.68. The number of nitrogens with zero attached hydrogens (tertiary/aromatic N) is 3. The Morgan fingerprint density at radius 1 is 1.04 bits per heavy atom. The molecule has 3 rings (SSSR count). The van der Waals surface area contributed by atoms with Crippen molar-refractivity contribution in [3.63, 3.8) is 0 Å². The molecule has 2 aromatic rings. The highest BCUT2D eigenvalue weighted by molar-refractivity contribution is 6.04. The van der Waals surface area contributed by atoms with E-state index in [4.69, 9.17) is 0 Å². The summed E-state index contributed by atoms with van der Waals surface area (Å²) >= 11 is 0. The van der Waals surface area contributed by atoms with Crippen LogP contribution in [-0.4, -0.2) is 54.3 Å². The maximum absolute atomic E-state index is 12.5. The molecule has 0 spiro atoms. The van der Waals surface area contributed by atoms with E-state index in [9.17, 15) is 9.59 Å². The molecule has 1 aliphatic heterocycles. The smallest absolute Gasteiger partial charge is 0.257 e. The number of benzene rings is 1. The molecule has 0 unspecified atom stereocenters. The molecular formula is C20H24N4O2. The first kappa shape index (κ1) is 18.1. The van der Waals surface area contributed by atoms with Crippen LogP contribution in [-0.2, 0) is 0 Å². The molecule has 136 valence electrons. The van der Waals surface area contributed by atoms with E-state index in [-0.39, 0.29) is 11.7 Å². The largest absolute Gasteiger partial charge is 0.368 e. The topological polar surface area (TPSA) is 65.5 Å². The van der Waals surface area contributed by atoms with Gasteiger partial charge in [0.1, 0.15) is 0 Å². The number of hydrogen-bond acceptors (Lipinski definition) is 5. The van der Waals surface area contributed by atoms with E-state index < -0.39 is 0 Å². The van der Waals surface area contributed by atoms with Crippen LogP contribution in [0.25, 0.3) is 0 Å². The summed E-state index contributed by atoms with van der Waals surface area (Å²) in [5.41, 5.74) is 2.77. The van der Waals surface area contributed by atoms with Crippen LogP contribution in [0.3, 0.4) is 0 Å². The number of rotatable bonds is 5. The van der Waals surface area contributed by atoms with Crippen LogP contribution in [0, 0.1) is 0 Å². The second kappa shape index (κ2) is 8.10. The fraction of sp³-hybridized carbons (Fsp3) is 0.350. The Hall–Kier alpha value is -2.73. The second-order valence-electron chi connectivity index (χ2n) is 6.44. The lowest BCUT2D eigenvalue weighted by Gasteiger charge is -2.35. The number of carbonyl (C=O) groups is 2. The number of pyridine rings is 1. The van der Waals surface area contributed by atoms with Crippen LogP contribution < -0.4 is 10.2 Å². The van der Waals surface area contributed by atoms with Crippen LogP contribution in [0.1, 0.15) is 34.6 Å². The van der Waals surface area contributed by atoms with Gasteiger partial charge in [0, 0.05) is 43.6 Å². The third-order valence-electron chi connectivity index (χ3n) is 4.72. The highest BCUT2D eigenvalue weighted by Gasteiger charge is 2.17. The average Bonchev–Trinajstić information content (AvgIpc) is 2.68. The van der Waals surface area contributed by atoms with Crippen molar-refractivity contribution in [2.45, 2.75) is 13.8 Å². The number of Topliss-reactive ketones (excluding diaryl/α,β-unsaturated/α-hetero) is 1. The predicted molar refractivity (Wildman–Crippen MR) is 103 cm³/mol. The highest BCUT2D eigenvalue weighted by atomic mass is 16.1. The Balaban J connectivity index is 1.67. The second-order valence-corrected chi connectivity index (χ2v) is 6.44. The molecule has 0 aliphatic carbocycles. The van der Waals surface area contributed by atoms with Gasteiger partial charge < -0.3 is 15.1 Å². The van der Waals surface area contributed by atoms with Gasteiger partial charge in [-0.15, -0.1) is 0 Å². The molecule has 6 nitrogen and oxygen atoms in total. The Bertz CT molecular complexity index is 781. The van der Waals surface area contributed by atoms with Crippen LogP contribution in [0.15, 0.2) is 42.7 Å². The minimum atomic E-state index is -0.206. The summed E-state index contributed by atoms with van der Waals surface area (Å²) in [4.78, 5) is 32.8. The van der Waals surface area contributed by atoms with Gasteiger partial charge in [-0.3, -0.25) is 14.6 Å². The number of likely N-dealkylation sites (N-methyl/N-ethyl adjacent to an activating group) is 1. The molecule has 1 N–H and O–H groups in total. The lowest BCUT2D eigenvalue weighted by Crippen LogP contribution is -2.46. The fourth-order valence-corrected chi connectivity index (χ4v) is 3.04. The van der Waals surface area contributed by atoms with Gasteiger partial charge in [-0.1, -0.05) is 6.92 Å². The lowest BCUT2D eigenvalue weighted by atomic mass is 10.1. The molecule has 1 aromatic carbocycles. The maximum Gasteiger partial charge on any atom is 0.257 e. The van der Waals surface area contributed by atoms with Crippen molar-refractivity contribution in [3.8, 4) is 0 Å². The van der Waals surface area contributed by atoms with Gasteiger partial charge in [0.25, 0.3) is 5.91 Å². The number of nitrogens with one attached hydrogen (secondary N) is 1. The first-order valence-electron chi connectivity index (χ1n) is 8.91. The zero-order valence-corrected chi connectivity index (χ0v) is 15.2. The van der Waals surface area contributed by atoms with Crippen LogP contribution in [0.4, 0.5) is 11.4 Å². The molecular weight excluding hydrogens is 328 g/mol. The zero-order chi connectivity index (χ0) is 18.5. The number of piperazine rings is 1. The number of hydrogen-bond donors (Lipinski definition) is 1. The molecule has 1 fully saturated rings. The number of aromatic nitrogens is 1. The molecule has 2 heterocycles. The van der Waals surface area contributed by atoms with Gasteiger partial charge in [-0.2, -0.15) is 0 Å². The Kier molecular flexibility index (Phi) is 5.63. The standard InChI is InChI=1S/C20H24N4O2/c1-3-23-8-10-24(11-9-23)19-12-17(13-21-14-19)20(26)22-18-6-4-16(5-7-18)15(2)25/h4-7,12-14H,3,8-11H2,1-2H3,(H,22,26). The quantitative estimate of drug-likeness (QED) is 0.838. The fourth-order valence-electron chi connectivity index (χ4n) is 3.04. The summed E-state index contributed by atoms with van der Waals surface area (Å²) in [7, 11) is 0. The van der Waals surface area contributed by atoms with E-state index in [0.29, 0.717) is 16.8 Å². The molecule has 0 radical (unpaired) electrons. The van der Waals surface area contributed by atoms with Gasteiger partial charge in [0.15, 0.2) is 5.78 Å². The van der Waals surface area contributed by atoms with Gasteiger partial charge in [-0.05, 0) is 43.8 Å². The van der Waals surface area contributed by atoms with Gasteiger partial charge >= 0.3 is 0 Å². The summed E-state index contributed by atoms with van der Waals surface area (Å²) in [6.07, 6.45) is 3.38. The molecule has 6 heteroatoms. The Morgan fingerprint density at radius 3 is 2.35 bits per heavy atom. The zero-order valence-electron chi connectivity index (χ0n) is 15.2. The molecule has 1 aromatic heterocycles. The average molecular weight is 352 g/mol. The molecule has 1 amide bonds. The summed E-state index contributed by atoms with van der Waals surface area (Å²) in [6, 6.07) is 8.76. The van der Waals surface area contributed by atoms with E-state index in [2.05, 4.69) is 27.0 Å². The first-order chi connectivity index (χ1) is 12.6. The minimum Gasteiger partial charge on any atom is -0.368 e. The molecule has 26 heavy (non-hydrogen) atoms. The SMILES string of the molecule is CCN1CCN(c2cncc(C(=O)Nc3ccc(C(C)=O)cc3)c2)CC1. The van der Waals surface area contributed by atoms with E-state index >= 15 is 0 Å². The van der Waals surface area contributed by atoms with Crippen molar-refractivity contribution >= 4 is 23.1 Å². The molecule has 1 aliphatic rings. The van der Waals surface area contributed by atoms with E-state index in [0.717, 1.165) is 38.4 Å². The van der Waals surface area contributed by atoms with Crippen LogP contribution in [0.2, 0.25) is 0 Å². The van der Waals surface area contributed by atoms with Crippen molar-refractivity contribution in [1.29, 1.82) is 0 Å². The van der Waals surface area contributed by atoms with E-state index in [1.54, 1.807) is 36.7 Å². The highest BCUT2D eigenvalue weighted by Crippen LogP contribution is 2.18. The summed E-state index contributed by atoms with van der Waals surface area (Å²) in [5, 5.41) is 2.85. The lowest BCUT2D eigenvalue weighted by molar-refractivity contribution is 0.101. The maximum atomic E-state index is 12.5. The van der Waals surface area contributed by atoms with Crippen molar-refractivity contribution < 1.29 is 9.59 Å². The van der Waals surface area contributed by atoms with Gasteiger partial charge in [0.05, 0.1) is 17.4 Å². The van der Waals surface area contributed by atoms with Crippen molar-refractivity contribution in [2.75, 3.05) is 42.9 Å². The normalized spacial score (nSPS) is 14.9. The monoisotopic (exact) mass is 352 g/mol. The molecule has 0 atom stereocenters. The van der Waals surface area contributed by atoms with Crippen molar-refractivity contribution in [1.82, 2.24) is 9.88 Å². The van der Waals surface area contributed by atoms with Gasteiger partial charge in [0.2, 0.25) is 0 Å². The minimum absolute atomic E-state index is 0.00273. The van der Waals surface area contributed by atoms with Crippen molar-refractivity contribution in [2.24, 2.45) is 0 Å². The number of ketones is 1. The Morgan fingerprint density at radius 2 is 1.73 bits per heavy atom. The number of carbonyl (C=O) groups excluding carboxylic acids is 2. The molecule has 0 bridgehead atoms. The van der Waals surface area contributed by atoms with Crippen LogP contribution >= 0.6 is 0 Å². The number of amides is 1. The Labute approximate surface area is 153 Å². The summed E-state index contributed by atoms with van der Waals surface area (Å²) < 4.78 is 0. The molecule has 0 saturated carbocycles. The summed E-state index contributed by atoms with van der Waals surface area (Å²) in [6.45, 7) is 8.68. The third kappa shape index (κ3) is 4.26. The third-order valence-corrected chi connectivity index (χ3v) is 4.72. The van der Waals surface area contributed by atoms with Crippen molar-refractivity contribution in [3.05, 3.63) is 53.9 Å². The van der Waals surface area contributed by atoms with E-state index in [1.807, 2.05) is 6.07 Å². The summed E-state index contributed by atoms with van der Waals surface area (Å²) in [5.74, 6) is -0.204. The molecule has 1 saturated heterocycles. The number of anilines is 2. The van der Waals surface area contributed by atoms with E-state index in [1.165, 1.54) is 6.92 Å². The van der Waals surface area contributed by atoms with Crippen LogP contribution in [0.5, 0.6) is 0 Å². The van der Waals surface area contributed by atoms with Gasteiger partial charge in [-0.25, -0.2) is 0 Å². The first-order valence-corrected chi connectivity index (χ1v) is 8.91.